The monoisotopic (exact) mass is 250 g/mol. The summed E-state index contributed by atoms with van der Waals surface area (Å²) in [5.74, 6) is 0.747. The van der Waals surface area contributed by atoms with E-state index in [0.29, 0.717) is 12.5 Å². The molecule has 0 bridgehead atoms. The molecule has 2 atom stereocenters. The van der Waals surface area contributed by atoms with E-state index in [1.807, 2.05) is 16.9 Å². The number of hydrogen-bond acceptors (Lipinski definition) is 2. The second-order valence-corrected chi connectivity index (χ2v) is 5.79. The van der Waals surface area contributed by atoms with Crippen LogP contribution in [0.2, 0.25) is 0 Å². The minimum absolute atomic E-state index is 0.214. The van der Waals surface area contributed by atoms with Crippen LogP contribution in [0.3, 0.4) is 0 Å². The van der Waals surface area contributed by atoms with Crippen LogP contribution in [0.1, 0.15) is 64.1 Å². The molecule has 1 heterocycles. The van der Waals surface area contributed by atoms with Crippen LogP contribution in [-0.2, 0) is 6.42 Å². The number of hydrogen-bond donors (Lipinski definition) is 1. The summed E-state index contributed by atoms with van der Waals surface area (Å²) in [7, 11) is 0. The standard InChI is InChI=1S/C15H26N2O/c1-3-12(2)17-9-8-14(16-17)11-15(18)10-13-6-4-5-7-13/h8-9,12-13,15,18H,3-7,10-11H2,1-2H3. The zero-order valence-electron chi connectivity index (χ0n) is 11.7. The van der Waals surface area contributed by atoms with E-state index in [-0.39, 0.29) is 6.10 Å². The summed E-state index contributed by atoms with van der Waals surface area (Å²) >= 11 is 0. The minimum Gasteiger partial charge on any atom is -0.393 e. The molecule has 18 heavy (non-hydrogen) atoms. The summed E-state index contributed by atoms with van der Waals surface area (Å²) < 4.78 is 2.01. The van der Waals surface area contributed by atoms with Gasteiger partial charge in [-0.1, -0.05) is 32.6 Å². The molecule has 0 spiro atoms. The first kappa shape index (κ1) is 13.6. The molecule has 2 rings (SSSR count). The highest BCUT2D eigenvalue weighted by Crippen LogP contribution is 2.29. The van der Waals surface area contributed by atoms with Gasteiger partial charge in [0.15, 0.2) is 0 Å². The highest BCUT2D eigenvalue weighted by Gasteiger charge is 2.19. The van der Waals surface area contributed by atoms with E-state index in [2.05, 4.69) is 18.9 Å². The fourth-order valence-electron chi connectivity index (χ4n) is 2.87. The average molecular weight is 250 g/mol. The molecule has 0 aromatic carbocycles. The lowest BCUT2D eigenvalue weighted by atomic mass is 9.98. The fourth-order valence-corrected chi connectivity index (χ4v) is 2.87. The van der Waals surface area contributed by atoms with Gasteiger partial charge in [-0.2, -0.15) is 5.10 Å². The molecule has 3 heteroatoms. The molecule has 1 aliphatic rings. The summed E-state index contributed by atoms with van der Waals surface area (Å²) in [4.78, 5) is 0. The molecule has 1 N–H and O–H groups in total. The van der Waals surface area contributed by atoms with Gasteiger partial charge in [-0.3, -0.25) is 4.68 Å². The number of aromatic nitrogens is 2. The molecule has 3 nitrogen and oxygen atoms in total. The van der Waals surface area contributed by atoms with Gasteiger partial charge in [-0.05, 0) is 31.7 Å². The summed E-state index contributed by atoms with van der Waals surface area (Å²) in [6.07, 6.45) is 9.87. The lowest BCUT2D eigenvalue weighted by Gasteiger charge is -2.14. The Morgan fingerprint density at radius 2 is 2.17 bits per heavy atom. The van der Waals surface area contributed by atoms with Crippen LogP contribution in [0.5, 0.6) is 0 Å². The second kappa shape index (κ2) is 6.37. The molecule has 0 saturated heterocycles. The molecule has 1 aromatic rings. The quantitative estimate of drug-likeness (QED) is 0.841. The van der Waals surface area contributed by atoms with Gasteiger partial charge >= 0.3 is 0 Å². The summed E-state index contributed by atoms with van der Waals surface area (Å²) in [5.41, 5.74) is 1.03. The maximum Gasteiger partial charge on any atom is 0.0650 e. The average Bonchev–Trinajstić information content (AvgIpc) is 2.99. The number of aliphatic hydroxyl groups is 1. The van der Waals surface area contributed by atoms with Gasteiger partial charge < -0.3 is 5.11 Å². The van der Waals surface area contributed by atoms with E-state index in [9.17, 15) is 5.11 Å². The summed E-state index contributed by atoms with van der Waals surface area (Å²) in [5, 5.41) is 14.7. The maximum absolute atomic E-state index is 10.1. The van der Waals surface area contributed by atoms with Crippen LogP contribution in [0.25, 0.3) is 0 Å². The maximum atomic E-state index is 10.1. The largest absolute Gasteiger partial charge is 0.393 e. The van der Waals surface area contributed by atoms with Gasteiger partial charge in [0.25, 0.3) is 0 Å². The van der Waals surface area contributed by atoms with Crippen LogP contribution < -0.4 is 0 Å². The van der Waals surface area contributed by atoms with E-state index < -0.39 is 0 Å². The van der Waals surface area contributed by atoms with Crippen molar-refractivity contribution in [3.8, 4) is 0 Å². The van der Waals surface area contributed by atoms with Crippen molar-refractivity contribution in [2.45, 2.75) is 70.9 Å². The topological polar surface area (TPSA) is 38.0 Å². The van der Waals surface area contributed by atoms with E-state index in [1.54, 1.807) is 0 Å². The number of aliphatic hydroxyl groups excluding tert-OH is 1. The van der Waals surface area contributed by atoms with Crippen LogP contribution in [0.4, 0.5) is 0 Å². The Labute approximate surface area is 110 Å². The number of rotatable bonds is 6. The predicted octanol–water partition coefficient (Wildman–Crippen LogP) is 3.34. The smallest absolute Gasteiger partial charge is 0.0650 e. The molecule has 1 aromatic heterocycles. The lowest BCUT2D eigenvalue weighted by molar-refractivity contribution is 0.142. The molecule has 0 aliphatic heterocycles. The Balaban J connectivity index is 1.82. The Morgan fingerprint density at radius 1 is 1.44 bits per heavy atom. The van der Waals surface area contributed by atoms with Gasteiger partial charge in [-0.25, -0.2) is 0 Å². The Morgan fingerprint density at radius 3 is 2.83 bits per heavy atom. The summed E-state index contributed by atoms with van der Waals surface area (Å²) in [6.45, 7) is 4.34. The van der Waals surface area contributed by atoms with E-state index in [4.69, 9.17) is 0 Å². The first-order chi connectivity index (χ1) is 8.69. The van der Waals surface area contributed by atoms with Gasteiger partial charge in [0.2, 0.25) is 0 Å². The third kappa shape index (κ3) is 3.58. The lowest BCUT2D eigenvalue weighted by Crippen LogP contribution is -2.15. The normalized spacial score (nSPS) is 20.2. The van der Waals surface area contributed by atoms with Crippen molar-refractivity contribution in [3.63, 3.8) is 0 Å². The van der Waals surface area contributed by atoms with Crippen molar-refractivity contribution in [2.75, 3.05) is 0 Å². The predicted molar refractivity (Wildman–Crippen MR) is 73.5 cm³/mol. The highest BCUT2D eigenvalue weighted by atomic mass is 16.3. The zero-order chi connectivity index (χ0) is 13.0. The Kier molecular flexibility index (Phi) is 4.81. The van der Waals surface area contributed by atoms with Crippen molar-refractivity contribution < 1.29 is 5.11 Å². The van der Waals surface area contributed by atoms with Crippen molar-refractivity contribution in [3.05, 3.63) is 18.0 Å². The highest BCUT2D eigenvalue weighted by molar-refractivity contribution is 5.01. The molecule has 0 radical (unpaired) electrons. The Bertz CT molecular complexity index is 355. The van der Waals surface area contributed by atoms with Gasteiger partial charge in [0.05, 0.1) is 11.8 Å². The molecule has 1 saturated carbocycles. The first-order valence-corrected chi connectivity index (χ1v) is 7.41. The molecular formula is C15H26N2O. The van der Waals surface area contributed by atoms with Crippen LogP contribution in [0, 0.1) is 5.92 Å². The van der Waals surface area contributed by atoms with Crippen LogP contribution >= 0.6 is 0 Å². The van der Waals surface area contributed by atoms with Gasteiger partial charge in [0, 0.05) is 18.7 Å². The molecular weight excluding hydrogens is 224 g/mol. The summed E-state index contributed by atoms with van der Waals surface area (Å²) in [6, 6.07) is 2.50. The van der Waals surface area contributed by atoms with E-state index in [0.717, 1.165) is 24.5 Å². The van der Waals surface area contributed by atoms with Crippen molar-refractivity contribution in [1.29, 1.82) is 0 Å². The minimum atomic E-state index is -0.214. The van der Waals surface area contributed by atoms with Crippen molar-refractivity contribution >= 4 is 0 Å². The number of nitrogens with zero attached hydrogens (tertiary/aromatic N) is 2. The van der Waals surface area contributed by atoms with Gasteiger partial charge in [-0.15, -0.1) is 0 Å². The molecule has 102 valence electrons. The van der Waals surface area contributed by atoms with E-state index in [1.165, 1.54) is 25.7 Å². The fraction of sp³-hybridized carbons (Fsp3) is 0.800. The first-order valence-electron chi connectivity index (χ1n) is 7.41. The molecule has 1 fully saturated rings. The third-order valence-corrected chi connectivity index (χ3v) is 4.23. The van der Waals surface area contributed by atoms with Gasteiger partial charge in [0.1, 0.15) is 0 Å². The third-order valence-electron chi connectivity index (χ3n) is 4.23. The second-order valence-electron chi connectivity index (χ2n) is 5.79. The van der Waals surface area contributed by atoms with Crippen molar-refractivity contribution in [1.82, 2.24) is 9.78 Å². The molecule has 0 amide bonds. The Hall–Kier alpha value is -0.830. The van der Waals surface area contributed by atoms with Crippen LogP contribution in [-0.4, -0.2) is 21.0 Å². The van der Waals surface area contributed by atoms with E-state index >= 15 is 0 Å². The van der Waals surface area contributed by atoms with Crippen LogP contribution in [0.15, 0.2) is 12.3 Å². The molecule has 2 unspecified atom stereocenters. The van der Waals surface area contributed by atoms with Crippen molar-refractivity contribution in [2.24, 2.45) is 5.92 Å². The SMILES string of the molecule is CCC(C)n1ccc(CC(O)CC2CCCC2)n1. The molecule has 1 aliphatic carbocycles. The zero-order valence-corrected chi connectivity index (χ0v) is 11.7.